The average Bonchev–Trinajstić information content (AvgIpc) is 3.24. The third-order valence-electron chi connectivity index (χ3n) is 5.42. The SMILES string of the molecule is COC(=O)c1ccc(-c2nc3c(ncn3C(C)CCCc3ccccc3)c(=O)[nH]2)cc1. The number of H-pyrrole nitrogens is 1. The van der Waals surface area contributed by atoms with Crippen LogP contribution in [-0.2, 0) is 11.2 Å². The van der Waals surface area contributed by atoms with Gasteiger partial charge in [-0.05, 0) is 43.9 Å². The van der Waals surface area contributed by atoms with E-state index in [4.69, 9.17) is 4.74 Å². The number of ether oxygens (including phenoxy) is 1. The normalized spacial score (nSPS) is 12.1. The van der Waals surface area contributed by atoms with Crippen molar-refractivity contribution in [1.29, 1.82) is 0 Å². The van der Waals surface area contributed by atoms with Crippen molar-refractivity contribution in [1.82, 2.24) is 19.5 Å². The molecule has 0 aliphatic heterocycles. The third kappa shape index (κ3) is 4.40. The zero-order chi connectivity index (χ0) is 21.8. The number of esters is 1. The number of benzene rings is 2. The second kappa shape index (κ2) is 8.95. The number of nitrogens with one attached hydrogen (secondary N) is 1. The van der Waals surface area contributed by atoms with Gasteiger partial charge in [0.25, 0.3) is 5.56 Å². The van der Waals surface area contributed by atoms with Crippen molar-refractivity contribution >= 4 is 17.1 Å². The van der Waals surface area contributed by atoms with Gasteiger partial charge in [-0.15, -0.1) is 0 Å². The topological polar surface area (TPSA) is 89.9 Å². The van der Waals surface area contributed by atoms with Crippen molar-refractivity contribution in [3.63, 3.8) is 0 Å². The van der Waals surface area contributed by atoms with Gasteiger partial charge in [0.1, 0.15) is 5.82 Å². The maximum atomic E-state index is 12.6. The minimum Gasteiger partial charge on any atom is -0.465 e. The van der Waals surface area contributed by atoms with Crippen LogP contribution in [0.15, 0.2) is 65.7 Å². The summed E-state index contributed by atoms with van der Waals surface area (Å²) in [6.45, 7) is 2.11. The van der Waals surface area contributed by atoms with Crippen LogP contribution in [0.4, 0.5) is 0 Å². The molecule has 0 bridgehead atoms. The summed E-state index contributed by atoms with van der Waals surface area (Å²) in [7, 11) is 1.34. The Labute approximate surface area is 179 Å². The molecule has 4 aromatic rings. The highest BCUT2D eigenvalue weighted by Gasteiger charge is 2.15. The molecule has 2 aromatic carbocycles. The predicted octanol–water partition coefficient (Wildman–Crippen LogP) is 4.16. The molecule has 0 radical (unpaired) electrons. The molecule has 4 rings (SSSR count). The lowest BCUT2D eigenvalue weighted by atomic mass is 10.1. The second-order valence-corrected chi connectivity index (χ2v) is 7.53. The van der Waals surface area contributed by atoms with Crippen LogP contribution in [0.5, 0.6) is 0 Å². The van der Waals surface area contributed by atoms with Crippen molar-refractivity contribution in [3.8, 4) is 11.4 Å². The fourth-order valence-corrected chi connectivity index (χ4v) is 3.65. The maximum Gasteiger partial charge on any atom is 0.337 e. The zero-order valence-corrected chi connectivity index (χ0v) is 17.5. The molecular formula is C24H24N4O3. The lowest BCUT2D eigenvalue weighted by molar-refractivity contribution is 0.0600. The lowest BCUT2D eigenvalue weighted by Gasteiger charge is -2.14. The van der Waals surface area contributed by atoms with Crippen molar-refractivity contribution < 1.29 is 9.53 Å². The van der Waals surface area contributed by atoms with E-state index in [2.05, 4.69) is 46.1 Å². The van der Waals surface area contributed by atoms with E-state index >= 15 is 0 Å². The van der Waals surface area contributed by atoms with Gasteiger partial charge >= 0.3 is 5.97 Å². The monoisotopic (exact) mass is 416 g/mol. The molecule has 1 atom stereocenters. The van der Waals surface area contributed by atoms with Crippen LogP contribution in [-0.4, -0.2) is 32.6 Å². The molecule has 0 spiro atoms. The molecule has 2 aromatic heterocycles. The number of carbonyl (C=O) groups excluding carboxylic acids is 1. The number of hydrogen-bond acceptors (Lipinski definition) is 5. The number of methoxy groups -OCH3 is 1. The molecule has 158 valence electrons. The van der Waals surface area contributed by atoms with E-state index in [-0.39, 0.29) is 11.6 Å². The molecule has 1 N–H and O–H groups in total. The molecule has 0 saturated heterocycles. The smallest absolute Gasteiger partial charge is 0.337 e. The number of fused-ring (bicyclic) bond motifs is 1. The number of nitrogens with zero attached hydrogens (tertiary/aromatic N) is 3. The first kappa shape index (κ1) is 20.5. The largest absolute Gasteiger partial charge is 0.465 e. The molecule has 0 aliphatic rings. The van der Waals surface area contributed by atoms with Crippen LogP contribution in [0, 0.1) is 0 Å². The Hall–Kier alpha value is -3.74. The highest BCUT2D eigenvalue weighted by Crippen LogP contribution is 2.22. The molecule has 7 heteroatoms. The molecular weight excluding hydrogens is 392 g/mol. The summed E-state index contributed by atoms with van der Waals surface area (Å²) in [6, 6.07) is 17.3. The Balaban J connectivity index is 1.57. The van der Waals surface area contributed by atoms with Gasteiger partial charge in [-0.1, -0.05) is 42.5 Å². The van der Waals surface area contributed by atoms with E-state index in [1.165, 1.54) is 12.7 Å². The number of hydrogen-bond donors (Lipinski definition) is 1. The number of imidazole rings is 1. The Kier molecular flexibility index (Phi) is 5.93. The number of aryl methyl sites for hydroxylation is 1. The van der Waals surface area contributed by atoms with Crippen LogP contribution < -0.4 is 5.56 Å². The van der Waals surface area contributed by atoms with Crippen LogP contribution in [0.25, 0.3) is 22.6 Å². The number of aromatic nitrogens is 4. The molecule has 0 aliphatic carbocycles. The van der Waals surface area contributed by atoms with Gasteiger partial charge in [0.15, 0.2) is 11.2 Å². The first-order valence-electron chi connectivity index (χ1n) is 10.3. The van der Waals surface area contributed by atoms with E-state index in [9.17, 15) is 9.59 Å². The summed E-state index contributed by atoms with van der Waals surface area (Å²) in [5, 5.41) is 0. The number of rotatable bonds is 7. The molecule has 0 amide bonds. The van der Waals surface area contributed by atoms with Gasteiger partial charge in [-0.2, -0.15) is 0 Å². The van der Waals surface area contributed by atoms with Crippen molar-refractivity contribution in [2.24, 2.45) is 0 Å². The molecule has 0 saturated carbocycles. The summed E-state index contributed by atoms with van der Waals surface area (Å²) >= 11 is 0. The van der Waals surface area contributed by atoms with Crippen LogP contribution in [0.1, 0.15) is 41.7 Å². The van der Waals surface area contributed by atoms with E-state index in [0.29, 0.717) is 28.1 Å². The minimum atomic E-state index is -0.411. The number of aromatic amines is 1. The van der Waals surface area contributed by atoms with Gasteiger partial charge in [-0.3, -0.25) is 4.79 Å². The summed E-state index contributed by atoms with van der Waals surface area (Å²) in [4.78, 5) is 36.0. The summed E-state index contributed by atoms with van der Waals surface area (Å²) in [5.74, 6) is 0.0259. The molecule has 31 heavy (non-hydrogen) atoms. The zero-order valence-electron chi connectivity index (χ0n) is 17.5. The highest BCUT2D eigenvalue weighted by molar-refractivity contribution is 5.89. The summed E-state index contributed by atoms with van der Waals surface area (Å²) in [6.07, 6.45) is 4.65. The molecule has 1 unspecified atom stereocenters. The Morgan fingerprint density at radius 1 is 1.13 bits per heavy atom. The second-order valence-electron chi connectivity index (χ2n) is 7.53. The Morgan fingerprint density at radius 2 is 1.87 bits per heavy atom. The minimum absolute atomic E-state index is 0.151. The van der Waals surface area contributed by atoms with Gasteiger partial charge < -0.3 is 14.3 Å². The lowest BCUT2D eigenvalue weighted by Crippen LogP contribution is -2.12. The molecule has 7 nitrogen and oxygen atoms in total. The van der Waals surface area contributed by atoms with E-state index < -0.39 is 5.97 Å². The fraction of sp³-hybridized carbons (Fsp3) is 0.250. The first-order chi connectivity index (χ1) is 15.1. The van der Waals surface area contributed by atoms with E-state index in [1.54, 1.807) is 30.6 Å². The van der Waals surface area contributed by atoms with Gasteiger partial charge in [-0.25, -0.2) is 14.8 Å². The van der Waals surface area contributed by atoms with Gasteiger partial charge in [0.05, 0.1) is 19.0 Å². The Bertz CT molecular complexity index is 1240. The molecule has 2 heterocycles. The predicted molar refractivity (Wildman–Crippen MR) is 119 cm³/mol. The van der Waals surface area contributed by atoms with Crippen LogP contribution in [0.2, 0.25) is 0 Å². The van der Waals surface area contributed by atoms with Gasteiger partial charge in [0.2, 0.25) is 0 Å². The summed E-state index contributed by atoms with van der Waals surface area (Å²) < 4.78 is 6.69. The van der Waals surface area contributed by atoms with Crippen molar-refractivity contribution in [2.45, 2.75) is 32.2 Å². The molecule has 0 fully saturated rings. The van der Waals surface area contributed by atoms with E-state index in [1.807, 2.05) is 10.6 Å². The van der Waals surface area contributed by atoms with Crippen molar-refractivity contribution in [2.75, 3.05) is 7.11 Å². The first-order valence-corrected chi connectivity index (χ1v) is 10.3. The standard InChI is InChI=1S/C24H24N4O3/c1-16(7-6-10-17-8-4-3-5-9-17)28-15-25-20-22(28)26-21(27-23(20)29)18-11-13-19(14-12-18)24(30)31-2/h3-5,8-9,11-16H,6-7,10H2,1-2H3,(H,26,27,29). The third-order valence-corrected chi connectivity index (χ3v) is 5.42. The van der Waals surface area contributed by atoms with Crippen molar-refractivity contribution in [3.05, 3.63) is 82.4 Å². The van der Waals surface area contributed by atoms with Crippen LogP contribution >= 0.6 is 0 Å². The number of carbonyl (C=O) groups is 1. The quantitative estimate of drug-likeness (QED) is 0.457. The summed E-state index contributed by atoms with van der Waals surface area (Å²) in [5.41, 5.74) is 3.06. The van der Waals surface area contributed by atoms with Gasteiger partial charge in [0, 0.05) is 11.6 Å². The Morgan fingerprint density at radius 3 is 2.58 bits per heavy atom. The van der Waals surface area contributed by atoms with Crippen LogP contribution in [0.3, 0.4) is 0 Å². The highest BCUT2D eigenvalue weighted by atomic mass is 16.5. The maximum absolute atomic E-state index is 12.6. The fourth-order valence-electron chi connectivity index (χ4n) is 3.65. The van der Waals surface area contributed by atoms with E-state index in [0.717, 1.165) is 19.3 Å². The average molecular weight is 416 g/mol.